The van der Waals surface area contributed by atoms with Crippen LogP contribution in [0, 0.1) is 11.7 Å². The Morgan fingerprint density at radius 2 is 2.25 bits per heavy atom. The van der Waals surface area contributed by atoms with Crippen LogP contribution in [0.1, 0.15) is 26.3 Å². The number of pyridine rings is 1. The molecule has 0 N–H and O–H groups in total. The van der Waals surface area contributed by atoms with E-state index in [4.69, 9.17) is 4.74 Å². The first-order valence-corrected chi connectivity index (χ1v) is 8.70. The highest BCUT2D eigenvalue weighted by Crippen LogP contribution is 2.42. The molecule has 2 aromatic heterocycles. The third-order valence-corrected chi connectivity index (χ3v) is 5.32. The molecule has 1 atom stereocenters. The Balaban J connectivity index is 2.19. The van der Waals surface area contributed by atoms with Crippen molar-refractivity contribution in [2.24, 2.45) is 13.0 Å². The number of ether oxygens (including phenoxy) is 1. The molecule has 3 aromatic rings. The lowest BCUT2D eigenvalue weighted by Gasteiger charge is -2.19. The third-order valence-electron chi connectivity index (χ3n) is 4.58. The fourth-order valence-electron chi connectivity index (χ4n) is 3.54. The highest BCUT2D eigenvalue weighted by atomic mass is 79.9. The van der Waals surface area contributed by atoms with Gasteiger partial charge in [-0.15, -0.1) is 0 Å². The average Bonchev–Trinajstić information content (AvgIpc) is 2.67. The van der Waals surface area contributed by atoms with Crippen molar-refractivity contribution < 1.29 is 9.13 Å². The smallest absolute Gasteiger partial charge is 0.329 e. The van der Waals surface area contributed by atoms with Crippen molar-refractivity contribution in [2.75, 3.05) is 6.61 Å². The van der Waals surface area contributed by atoms with Crippen LogP contribution in [0.3, 0.4) is 0 Å². The maximum atomic E-state index is 14.2. The highest BCUT2D eigenvalue weighted by Gasteiger charge is 2.29. The zero-order chi connectivity index (χ0) is 17.2. The molecule has 0 aliphatic carbocycles. The van der Waals surface area contributed by atoms with Crippen LogP contribution in [0.4, 0.5) is 4.39 Å². The Morgan fingerprint density at radius 1 is 1.50 bits per heavy atom. The Bertz CT molecular complexity index is 1040. The minimum atomic E-state index is -0.420. The Kier molecular flexibility index (Phi) is 3.46. The van der Waals surface area contributed by atoms with Gasteiger partial charge in [-0.25, -0.2) is 9.18 Å². The van der Waals surface area contributed by atoms with Crippen LogP contribution >= 0.6 is 15.9 Å². The molecule has 24 heavy (non-hydrogen) atoms. The Labute approximate surface area is 146 Å². The summed E-state index contributed by atoms with van der Waals surface area (Å²) in [5.74, 6) is 0.407. The summed E-state index contributed by atoms with van der Waals surface area (Å²) < 4.78 is 23.8. The number of hydrogen-bond donors (Lipinski definition) is 0. The first-order chi connectivity index (χ1) is 11.4. The van der Waals surface area contributed by atoms with Crippen molar-refractivity contribution in [1.82, 2.24) is 14.1 Å². The van der Waals surface area contributed by atoms with Crippen LogP contribution in [-0.2, 0) is 7.05 Å². The van der Waals surface area contributed by atoms with Crippen molar-refractivity contribution in [3.8, 4) is 5.75 Å². The monoisotopic (exact) mass is 393 g/mol. The number of nitrogens with zero attached hydrogens (tertiary/aromatic N) is 3. The lowest BCUT2D eigenvalue weighted by atomic mass is 10.0. The van der Waals surface area contributed by atoms with E-state index in [-0.39, 0.29) is 16.2 Å². The molecule has 0 saturated heterocycles. The molecule has 0 amide bonds. The van der Waals surface area contributed by atoms with Crippen molar-refractivity contribution in [3.63, 3.8) is 0 Å². The fraction of sp³-hybridized carbons (Fsp3) is 0.412. The molecule has 0 unspecified atom stereocenters. The first-order valence-electron chi connectivity index (χ1n) is 7.90. The number of halogens is 2. The van der Waals surface area contributed by atoms with E-state index in [2.05, 4.69) is 34.8 Å². The van der Waals surface area contributed by atoms with Gasteiger partial charge in [-0.05, 0) is 28.3 Å². The zero-order valence-electron chi connectivity index (χ0n) is 13.6. The lowest BCUT2D eigenvalue weighted by molar-refractivity contribution is 0.232. The molecule has 0 saturated carbocycles. The summed E-state index contributed by atoms with van der Waals surface area (Å²) in [7, 11) is 1.74. The molecule has 1 aliphatic rings. The molecular weight excluding hydrogens is 377 g/mol. The van der Waals surface area contributed by atoms with Crippen LogP contribution in [0.5, 0.6) is 5.75 Å². The van der Waals surface area contributed by atoms with Gasteiger partial charge < -0.3 is 4.74 Å². The molecule has 1 aromatic carbocycles. The molecular formula is C17H17BrFN3O2. The van der Waals surface area contributed by atoms with E-state index in [0.717, 1.165) is 17.5 Å². The van der Waals surface area contributed by atoms with E-state index in [1.807, 2.05) is 0 Å². The zero-order valence-corrected chi connectivity index (χ0v) is 15.2. The number of aryl methyl sites for hydroxylation is 1. The lowest BCUT2D eigenvalue weighted by Crippen LogP contribution is -2.29. The van der Waals surface area contributed by atoms with Gasteiger partial charge in [-0.1, -0.05) is 13.8 Å². The minimum absolute atomic E-state index is 0.0955. The predicted octanol–water partition coefficient (Wildman–Crippen LogP) is 3.77. The molecule has 0 bridgehead atoms. The van der Waals surface area contributed by atoms with Gasteiger partial charge in [0.25, 0.3) is 0 Å². The van der Waals surface area contributed by atoms with Crippen LogP contribution < -0.4 is 10.4 Å². The first kappa shape index (κ1) is 15.6. The summed E-state index contributed by atoms with van der Waals surface area (Å²) in [6, 6.07) is 1.27. The van der Waals surface area contributed by atoms with Crippen molar-refractivity contribution in [2.45, 2.75) is 26.3 Å². The predicted molar refractivity (Wildman–Crippen MR) is 94.1 cm³/mol. The van der Waals surface area contributed by atoms with E-state index in [1.165, 1.54) is 6.07 Å². The van der Waals surface area contributed by atoms with E-state index in [9.17, 15) is 9.18 Å². The maximum absolute atomic E-state index is 14.2. The van der Waals surface area contributed by atoms with Gasteiger partial charge in [-0.2, -0.15) is 0 Å². The fourth-order valence-corrected chi connectivity index (χ4v) is 3.96. The number of benzene rings is 1. The second kappa shape index (κ2) is 5.31. The summed E-state index contributed by atoms with van der Waals surface area (Å²) in [6.45, 7) is 4.55. The topological polar surface area (TPSA) is 49.1 Å². The normalized spacial score (nSPS) is 17.0. The SMILES string of the molecule is CC(C)C[C@H]1COc2c(Br)c(F)cc3ncc4c(c23)n1c(=O)n4C. The Morgan fingerprint density at radius 3 is 2.96 bits per heavy atom. The van der Waals surface area contributed by atoms with Gasteiger partial charge in [0.1, 0.15) is 18.2 Å². The summed E-state index contributed by atoms with van der Waals surface area (Å²) in [5.41, 5.74) is 1.89. The van der Waals surface area contributed by atoms with Gasteiger partial charge >= 0.3 is 5.69 Å². The molecule has 1 aliphatic heterocycles. The number of imidazole rings is 1. The van der Waals surface area contributed by atoms with Crippen molar-refractivity contribution in [3.05, 3.63) is 33.0 Å². The second-order valence-electron chi connectivity index (χ2n) is 6.69. The molecule has 5 nitrogen and oxygen atoms in total. The number of rotatable bonds is 2. The van der Waals surface area contributed by atoms with Gasteiger partial charge in [0.15, 0.2) is 0 Å². The summed E-state index contributed by atoms with van der Waals surface area (Å²) in [5, 5.41) is 0.685. The molecule has 0 radical (unpaired) electrons. The largest absolute Gasteiger partial charge is 0.489 e. The maximum Gasteiger partial charge on any atom is 0.329 e. The average molecular weight is 394 g/mol. The number of aromatic nitrogens is 3. The van der Waals surface area contributed by atoms with E-state index < -0.39 is 5.82 Å². The summed E-state index contributed by atoms with van der Waals surface area (Å²) in [4.78, 5) is 17.2. The molecule has 4 rings (SSSR count). The van der Waals surface area contributed by atoms with Crippen LogP contribution in [0.2, 0.25) is 0 Å². The van der Waals surface area contributed by atoms with Crippen LogP contribution in [0.25, 0.3) is 21.9 Å². The molecule has 126 valence electrons. The summed E-state index contributed by atoms with van der Waals surface area (Å²) in [6.07, 6.45) is 2.43. The van der Waals surface area contributed by atoms with Gasteiger partial charge in [0, 0.05) is 13.1 Å². The van der Waals surface area contributed by atoms with E-state index in [0.29, 0.717) is 29.2 Å². The molecule has 3 heterocycles. The minimum Gasteiger partial charge on any atom is -0.489 e. The number of hydrogen-bond acceptors (Lipinski definition) is 3. The second-order valence-corrected chi connectivity index (χ2v) is 7.49. The van der Waals surface area contributed by atoms with Gasteiger partial charge in [-0.3, -0.25) is 14.1 Å². The standard InChI is InChI=1S/C17H17BrFN3O2/c1-8(2)4-9-7-24-16-13-11(5-10(19)14(16)18)20-6-12-15(13)22(9)17(23)21(12)3/h5-6,8-9H,4,7H2,1-3H3/t9-/m0/s1. The molecule has 0 spiro atoms. The van der Waals surface area contributed by atoms with E-state index in [1.54, 1.807) is 22.4 Å². The molecule has 0 fully saturated rings. The van der Waals surface area contributed by atoms with Gasteiger partial charge in [0.2, 0.25) is 0 Å². The quantitative estimate of drug-likeness (QED) is 0.665. The van der Waals surface area contributed by atoms with Crippen molar-refractivity contribution >= 4 is 37.9 Å². The van der Waals surface area contributed by atoms with Gasteiger partial charge in [0.05, 0.1) is 38.6 Å². The highest BCUT2D eigenvalue weighted by molar-refractivity contribution is 9.10. The van der Waals surface area contributed by atoms with E-state index >= 15 is 0 Å². The summed E-state index contributed by atoms with van der Waals surface area (Å²) >= 11 is 3.29. The van der Waals surface area contributed by atoms with Crippen LogP contribution in [-0.4, -0.2) is 20.7 Å². The molecule has 7 heteroatoms. The van der Waals surface area contributed by atoms with Crippen LogP contribution in [0.15, 0.2) is 21.5 Å². The third kappa shape index (κ3) is 2.03. The Hall–Kier alpha value is -1.89. The van der Waals surface area contributed by atoms with Crippen molar-refractivity contribution in [1.29, 1.82) is 0 Å².